The van der Waals surface area contributed by atoms with Crippen LogP contribution in [-0.2, 0) is 9.53 Å². The monoisotopic (exact) mass is 406 g/mol. The first kappa shape index (κ1) is 19.3. The van der Waals surface area contributed by atoms with E-state index in [0.29, 0.717) is 32.7 Å². The summed E-state index contributed by atoms with van der Waals surface area (Å²) in [6.45, 7) is 3.29. The number of hydrogen-bond acceptors (Lipinski definition) is 5. The number of hydrogen-bond donors (Lipinski definition) is 0. The van der Waals surface area contributed by atoms with Crippen LogP contribution in [0.4, 0.5) is 0 Å². The molecule has 0 saturated heterocycles. The molecule has 2 aromatic rings. The molecule has 0 aromatic heterocycles. The summed E-state index contributed by atoms with van der Waals surface area (Å²) >= 11 is 11.9. The number of Topliss-reactive ketones (excluding diaryl/α,β-unsaturated/α-hetero) is 1. The third-order valence-corrected chi connectivity index (χ3v) is 4.35. The number of halogens is 2. The number of carbonyl (C=O) groups excluding carboxylic acids is 2. The third kappa shape index (κ3) is 4.62. The van der Waals surface area contributed by atoms with E-state index in [9.17, 15) is 9.59 Å². The Hall–Kier alpha value is -2.50. The van der Waals surface area contributed by atoms with Crippen molar-refractivity contribution in [3.8, 4) is 11.5 Å². The van der Waals surface area contributed by atoms with E-state index >= 15 is 0 Å². The van der Waals surface area contributed by atoms with Gasteiger partial charge in [-0.05, 0) is 49.8 Å². The number of benzene rings is 2. The molecular formula is C20H16Cl2O5. The third-order valence-electron chi connectivity index (χ3n) is 3.61. The van der Waals surface area contributed by atoms with E-state index in [1.807, 2.05) is 0 Å². The molecule has 1 aliphatic rings. The van der Waals surface area contributed by atoms with Crippen LogP contribution in [-0.4, -0.2) is 24.5 Å². The second kappa shape index (κ2) is 8.03. The lowest BCUT2D eigenvalue weighted by atomic mass is 10.1. The molecule has 5 nitrogen and oxygen atoms in total. The van der Waals surface area contributed by atoms with Crippen LogP contribution in [0.2, 0.25) is 10.0 Å². The van der Waals surface area contributed by atoms with Crippen molar-refractivity contribution in [2.24, 2.45) is 0 Å². The van der Waals surface area contributed by atoms with Gasteiger partial charge in [-0.1, -0.05) is 29.3 Å². The van der Waals surface area contributed by atoms with Gasteiger partial charge in [0, 0.05) is 6.07 Å². The number of ketones is 1. The van der Waals surface area contributed by atoms with Gasteiger partial charge < -0.3 is 14.2 Å². The predicted octanol–water partition coefficient (Wildman–Crippen LogP) is 4.94. The zero-order valence-corrected chi connectivity index (χ0v) is 16.1. The molecule has 0 amide bonds. The first-order valence-corrected chi connectivity index (χ1v) is 8.94. The fraction of sp³-hybridized carbons (Fsp3) is 0.200. The number of carbonyl (C=O) groups is 2. The van der Waals surface area contributed by atoms with Crippen molar-refractivity contribution in [2.75, 3.05) is 6.61 Å². The van der Waals surface area contributed by atoms with E-state index in [-0.39, 0.29) is 24.3 Å². The lowest BCUT2D eigenvalue weighted by molar-refractivity contribution is -0.149. The number of fused-ring (bicyclic) bond motifs is 1. The molecule has 0 spiro atoms. The first-order valence-electron chi connectivity index (χ1n) is 8.19. The number of allylic oxidation sites excluding steroid dienone is 1. The SMILES string of the molecule is CC(C)OC(=O)COc1ccc2c(c1)O/C(=C/c1ccc(Cl)c(Cl)c1)C2=O. The molecule has 1 aliphatic heterocycles. The van der Waals surface area contributed by atoms with Gasteiger partial charge in [0.05, 0.1) is 21.7 Å². The average Bonchev–Trinajstić information content (AvgIpc) is 2.91. The van der Waals surface area contributed by atoms with Crippen LogP contribution in [0.5, 0.6) is 11.5 Å². The minimum atomic E-state index is -0.470. The molecule has 0 unspecified atom stereocenters. The second-order valence-corrected chi connectivity index (χ2v) is 6.91. The van der Waals surface area contributed by atoms with Crippen LogP contribution in [0.25, 0.3) is 6.08 Å². The summed E-state index contributed by atoms with van der Waals surface area (Å²) in [5.74, 6) is 0.211. The molecule has 140 valence electrons. The Bertz CT molecular complexity index is 934. The van der Waals surface area contributed by atoms with Gasteiger partial charge in [0.1, 0.15) is 11.5 Å². The van der Waals surface area contributed by atoms with E-state index in [4.69, 9.17) is 37.4 Å². The molecule has 3 rings (SSSR count). The van der Waals surface area contributed by atoms with Crippen molar-refractivity contribution in [1.82, 2.24) is 0 Å². The average molecular weight is 407 g/mol. The van der Waals surface area contributed by atoms with Crippen molar-refractivity contribution >= 4 is 41.0 Å². The molecular weight excluding hydrogens is 391 g/mol. The quantitative estimate of drug-likeness (QED) is 0.519. The normalized spacial score (nSPS) is 14.3. The molecule has 0 N–H and O–H groups in total. The maximum absolute atomic E-state index is 12.5. The Morgan fingerprint density at radius 1 is 1.15 bits per heavy atom. The zero-order chi connectivity index (χ0) is 19.6. The summed E-state index contributed by atoms with van der Waals surface area (Å²) in [7, 11) is 0. The highest BCUT2D eigenvalue weighted by molar-refractivity contribution is 6.42. The number of rotatable bonds is 5. The second-order valence-electron chi connectivity index (χ2n) is 6.10. The first-order chi connectivity index (χ1) is 12.8. The van der Waals surface area contributed by atoms with Crippen LogP contribution in [0.1, 0.15) is 29.8 Å². The van der Waals surface area contributed by atoms with E-state index in [1.165, 1.54) is 0 Å². The van der Waals surface area contributed by atoms with Gasteiger partial charge in [0.25, 0.3) is 0 Å². The van der Waals surface area contributed by atoms with Gasteiger partial charge in [0.2, 0.25) is 5.78 Å². The highest BCUT2D eigenvalue weighted by Gasteiger charge is 2.28. The summed E-state index contributed by atoms with van der Waals surface area (Å²) in [6.07, 6.45) is 1.38. The summed E-state index contributed by atoms with van der Waals surface area (Å²) in [6, 6.07) is 9.78. The molecule has 0 fully saturated rings. The molecule has 0 radical (unpaired) electrons. The Balaban J connectivity index is 1.74. The van der Waals surface area contributed by atoms with Gasteiger partial charge in [0.15, 0.2) is 12.4 Å². The Labute approximate surface area is 166 Å². The van der Waals surface area contributed by atoms with E-state index < -0.39 is 5.97 Å². The molecule has 0 saturated carbocycles. The zero-order valence-electron chi connectivity index (χ0n) is 14.6. The van der Waals surface area contributed by atoms with Crippen LogP contribution < -0.4 is 9.47 Å². The molecule has 0 bridgehead atoms. The topological polar surface area (TPSA) is 61.8 Å². The minimum absolute atomic E-state index is 0.166. The van der Waals surface area contributed by atoms with E-state index in [1.54, 1.807) is 56.3 Å². The summed E-state index contributed by atoms with van der Waals surface area (Å²) in [4.78, 5) is 24.0. The summed E-state index contributed by atoms with van der Waals surface area (Å²) in [5, 5.41) is 0.816. The van der Waals surface area contributed by atoms with Crippen molar-refractivity contribution in [3.05, 3.63) is 63.3 Å². The minimum Gasteiger partial charge on any atom is -0.482 e. The number of ether oxygens (including phenoxy) is 3. The van der Waals surface area contributed by atoms with Crippen molar-refractivity contribution in [1.29, 1.82) is 0 Å². The summed E-state index contributed by atoms with van der Waals surface area (Å²) < 4.78 is 16.0. The van der Waals surface area contributed by atoms with Crippen LogP contribution in [0, 0.1) is 0 Å². The van der Waals surface area contributed by atoms with Gasteiger partial charge in [-0.2, -0.15) is 0 Å². The Kier molecular flexibility index (Phi) is 5.73. The largest absolute Gasteiger partial charge is 0.482 e. The molecule has 0 atom stereocenters. The van der Waals surface area contributed by atoms with Crippen molar-refractivity contribution in [3.63, 3.8) is 0 Å². The van der Waals surface area contributed by atoms with Crippen LogP contribution >= 0.6 is 23.2 Å². The smallest absolute Gasteiger partial charge is 0.344 e. The number of esters is 1. The standard InChI is InChI=1S/C20H16Cl2O5/c1-11(2)26-19(23)10-25-13-4-5-14-17(9-13)27-18(20(14)24)8-12-3-6-15(21)16(22)7-12/h3-9,11H,10H2,1-2H3/b18-8+. The Morgan fingerprint density at radius 2 is 1.93 bits per heavy atom. The maximum Gasteiger partial charge on any atom is 0.344 e. The summed E-state index contributed by atoms with van der Waals surface area (Å²) in [5.41, 5.74) is 1.10. The fourth-order valence-corrected chi connectivity index (χ4v) is 2.76. The maximum atomic E-state index is 12.5. The van der Waals surface area contributed by atoms with Crippen molar-refractivity contribution < 1.29 is 23.8 Å². The predicted molar refractivity (Wildman–Crippen MR) is 103 cm³/mol. The molecule has 7 heteroatoms. The van der Waals surface area contributed by atoms with Crippen LogP contribution in [0.15, 0.2) is 42.2 Å². The lowest BCUT2D eigenvalue weighted by Gasteiger charge is -2.09. The highest BCUT2D eigenvalue weighted by Crippen LogP contribution is 2.35. The highest BCUT2D eigenvalue weighted by atomic mass is 35.5. The molecule has 0 aliphatic carbocycles. The van der Waals surface area contributed by atoms with E-state index in [0.717, 1.165) is 0 Å². The Morgan fingerprint density at radius 3 is 2.63 bits per heavy atom. The van der Waals surface area contributed by atoms with Gasteiger partial charge in [-0.25, -0.2) is 4.79 Å². The van der Waals surface area contributed by atoms with Gasteiger partial charge in [-0.3, -0.25) is 4.79 Å². The molecule has 27 heavy (non-hydrogen) atoms. The fourth-order valence-electron chi connectivity index (χ4n) is 2.45. The lowest BCUT2D eigenvalue weighted by Crippen LogP contribution is -2.18. The van der Waals surface area contributed by atoms with Gasteiger partial charge >= 0.3 is 5.97 Å². The van der Waals surface area contributed by atoms with Gasteiger partial charge in [-0.15, -0.1) is 0 Å². The van der Waals surface area contributed by atoms with Crippen LogP contribution in [0.3, 0.4) is 0 Å². The van der Waals surface area contributed by atoms with E-state index in [2.05, 4.69) is 0 Å². The van der Waals surface area contributed by atoms with Crippen molar-refractivity contribution in [2.45, 2.75) is 20.0 Å². The molecule has 2 aromatic carbocycles. The molecule has 1 heterocycles.